The van der Waals surface area contributed by atoms with Gasteiger partial charge in [-0.25, -0.2) is 53.2 Å². The highest BCUT2D eigenvalue weighted by Gasteiger charge is 2.38. The Morgan fingerprint density at radius 3 is 1.57 bits per heavy atom. The molecule has 3 aromatic carbocycles. The third kappa shape index (κ3) is 13.0. The standard InChI is InChI=1S/C45H57FN8O11/c1-44(2,3)64-42(59)53-25-21-49(22-26-54(53)43(60)65-45(4,5)6)38(55)47-28-35-29-50(39(56)63-35)34-17-18-37(36(46)27-34)48-19-23-51(40(57)61-30-32-13-9-7-10-14-32)52(24-20-48)41(58)62-31-33-15-11-8-12-16-33/h7-18,27,35H,19-26,28-31H2,1-6H3,(H,47,55)/t35-/m0/s1. The summed E-state index contributed by atoms with van der Waals surface area (Å²) in [4.78, 5) is 84.0. The molecule has 0 spiro atoms. The molecule has 3 aliphatic rings. The number of urea groups is 1. The van der Waals surface area contributed by atoms with Crippen LogP contribution in [0, 0.1) is 5.82 Å². The molecule has 1 N–H and O–H groups in total. The smallest absolute Gasteiger partial charge is 0.429 e. The Morgan fingerprint density at radius 2 is 1.11 bits per heavy atom. The first-order valence-corrected chi connectivity index (χ1v) is 21.4. The number of hydrogen-bond acceptors (Lipinski definition) is 12. The van der Waals surface area contributed by atoms with Crippen molar-refractivity contribution in [2.75, 3.05) is 75.2 Å². The van der Waals surface area contributed by atoms with E-state index in [1.165, 1.54) is 21.9 Å². The fourth-order valence-corrected chi connectivity index (χ4v) is 7.06. The van der Waals surface area contributed by atoms with Gasteiger partial charge in [-0.2, -0.15) is 0 Å². The summed E-state index contributed by atoms with van der Waals surface area (Å²) in [5, 5.41) is 7.33. The van der Waals surface area contributed by atoms with Crippen LogP contribution in [0.1, 0.15) is 52.7 Å². The van der Waals surface area contributed by atoms with E-state index in [1.807, 2.05) is 60.7 Å². The predicted octanol–water partition coefficient (Wildman–Crippen LogP) is 6.58. The van der Waals surface area contributed by atoms with Gasteiger partial charge in [0.2, 0.25) is 0 Å². The number of amides is 7. The van der Waals surface area contributed by atoms with E-state index in [1.54, 1.807) is 52.5 Å². The number of nitrogens with zero attached hydrogens (tertiary/aromatic N) is 7. The number of nitrogens with one attached hydrogen (secondary N) is 1. The lowest BCUT2D eigenvalue weighted by molar-refractivity contribution is -0.0572. The van der Waals surface area contributed by atoms with Gasteiger partial charge < -0.3 is 38.8 Å². The molecule has 3 fully saturated rings. The molecule has 65 heavy (non-hydrogen) atoms. The Bertz CT molecular complexity index is 2070. The number of rotatable bonds is 8. The molecule has 1 atom stereocenters. The molecule has 3 saturated heterocycles. The second-order valence-corrected chi connectivity index (χ2v) is 17.4. The van der Waals surface area contributed by atoms with Crippen molar-refractivity contribution in [2.24, 2.45) is 0 Å². The zero-order valence-electron chi connectivity index (χ0n) is 37.6. The zero-order chi connectivity index (χ0) is 46.9. The molecular formula is C45H57FN8O11. The van der Waals surface area contributed by atoms with E-state index in [0.29, 0.717) is 0 Å². The molecule has 19 nitrogen and oxygen atoms in total. The van der Waals surface area contributed by atoms with Gasteiger partial charge in [-0.05, 0) is 70.9 Å². The van der Waals surface area contributed by atoms with E-state index >= 15 is 4.39 Å². The Morgan fingerprint density at radius 1 is 0.646 bits per heavy atom. The van der Waals surface area contributed by atoms with Gasteiger partial charge in [0.05, 0.1) is 50.6 Å². The number of carbonyl (C=O) groups excluding carboxylic acids is 6. The Balaban J connectivity index is 1.06. The maximum atomic E-state index is 16.0. The number of benzene rings is 3. The van der Waals surface area contributed by atoms with Gasteiger partial charge in [0.1, 0.15) is 36.3 Å². The lowest BCUT2D eigenvalue weighted by Gasteiger charge is -2.35. The van der Waals surface area contributed by atoms with Gasteiger partial charge in [-0.1, -0.05) is 60.7 Å². The molecule has 3 aromatic rings. The van der Waals surface area contributed by atoms with Crippen LogP contribution in [0.25, 0.3) is 0 Å². The van der Waals surface area contributed by atoms with Gasteiger partial charge >= 0.3 is 36.5 Å². The molecule has 0 aromatic heterocycles. The number of carbonyl (C=O) groups is 6. The number of hydrazine groups is 2. The summed E-state index contributed by atoms with van der Waals surface area (Å²) >= 11 is 0. The number of hydrogen-bond donors (Lipinski definition) is 1. The zero-order valence-corrected chi connectivity index (χ0v) is 37.6. The minimum atomic E-state index is -0.845. The number of halogens is 1. The van der Waals surface area contributed by atoms with Gasteiger partial charge in [-0.3, -0.25) is 4.90 Å². The normalized spacial score (nSPS) is 17.2. The highest BCUT2D eigenvalue weighted by Crippen LogP contribution is 2.29. The molecule has 7 amide bonds. The third-order valence-electron chi connectivity index (χ3n) is 10.2. The summed E-state index contributed by atoms with van der Waals surface area (Å²) in [6.45, 7) is 10.2. The van der Waals surface area contributed by atoms with Crippen LogP contribution in [-0.2, 0) is 36.9 Å². The second kappa shape index (κ2) is 20.7. The second-order valence-electron chi connectivity index (χ2n) is 17.4. The highest BCUT2D eigenvalue weighted by molar-refractivity contribution is 5.90. The predicted molar refractivity (Wildman–Crippen MR) is 234 cm³/mol. The van der Waals surface area contributed by atoms with E-state index in [4.69, 9.17) is 23.7 Å². The van der Waals surface area contributed by atoms with Crippen molar-refractivity contribution < 1.29 is 56.8 Å². The van der Waals surface area contributed by atoms with Crippen molar-refractivity contribution in [3.8, 4) is 0 Å². The van der Waals surface area contributed by atoms with Crippen molar-refractivity contribution in [1.29, 1.82) is 0 Å². The molecule has 0 bridgehead atoms. The fourth-order valence-electron chi connectivity index (χ4n) is 7.06. The summed E-state index contributed by atoms with van der Waals surface area (Å²) in [6, 6.07) is 21.9. The van der Waals surface area contributed by atoms with Crippen LogP contribution in [-0.4, -0.2) is 144 Å². The van der Waals surface area contributed by atoms with Crippen molar-refractivity contribution in [1.82, 2.24) is 30.3 Å². The van der Waals surface area contributed by atoms with Crippen molar-refractivity contribution in [3.05, 3.63) is 95.8 Å². The van der Waals surface area contributed by atoms with Crippen molar-refractivity contribution in [2.45, 2.75) is 72.1 Å². The molecule has 6 rings (SSSR count). The van der Waals surface area contributed by atoms with Crippen molar-refractivity contribution >= 4 is 47.9 Å². The topological polar surface area (TPSA) is 183 Å². The van der Waals surface area contributed by atoms with Crippen LogP contribution in [0.5, 0.6) is 0 Å². The first-order valence-electron chi connectivity index (χ1n) is 21.4. The first-order chi connectivity index (χ1) is 30.8. The SMILES string of the molecule is CC(C)(C)OC(=O)N1CCN(C(=O)NC[C@H]2CN(c3ccc(N4CCN(C(=O)OCc5ccccc5)N(C(=O)OCc5ccccc5)CC4)c(F)c3)C(=O)O2)CCN1C(=O)OC(C)(C)C. The molecule has 0 saturated carbocycles. The number of ether oxygens (including phenoxy) is 5. The van der Waals surface area contributed by atoms with E-state index in [0.717, 1.165) is 31.2 Å². The number of anilines is 2. The molecule has 0 aliphatic carbocycles. The third-order valence-corrected chi connectivity index (χ3v) is 10.2. The molecule has 0 radical (unpaired) electrons. The number of cyclic esters (lactones) is 1. The summed E-state index contributed by atoms with van der Waals surface area (Å²) in [7, 11) is 0. The molecule has 3 heterocycles. The monoisotopic (exact) mass is 904 g/mol. The minimum Gasteiger partial charge on any atom is -0.443 e. The van der Waals surface area contributed by atoms with Crippen LogP contribution in [0.15, 0.2) is 78.9 Å². The maximum Gasteiger partial charge on any atom is 0.429 e. The molecule has 0 unspecified atom stereocenters. The summed E-state index contributed by atoms with van der Waals surface area (Å²) in [6.07, 6.45) is -4.62. The highest BCUT2D eigenvalue weighted by atomic mass is 19.1. The van der Waals surface area contributed by atoms with Gasteiger partial charge in [0.15, 0.2) is 0 Å². The minimum absolute atomic E-state index is 0.000559. The fraction of sp³-hybridized carbons (Fsp3) is 0.467. The van der Waals surface area contributed by atoms with E-state index in [9.17, 15) is 28.8 Å². The van der Waals surface area contributed by atoms with Crippen LogP contribution in [0.3, 0.4) is 0 Å². The summed E-state index contributed by atoms with van der Waals surface area (Å²) in [5.74, 6) is -0.660. The quantitative estimate of drug-likeness (QED) is 0.240. The van der Waals surface area contributed by atoms with E-state index in [2.05, 4.69) is 5.32 Å². The molecule has 20 heteroatoms. The van der Waals surface area contributed by atoms with Gasteiger partial charge in [0.25, 0.3) is 0 Å². The first kappa shape index (κ1) is 47.5. The van der Waals surface area contributed by atoms with Crippen LogP contribution in [0.2, 0.25) is 0 Å². The molecule has 350 valence electrons. The Labute approximate surface area is 377 Å². The van der Waals surface area contributed by atoms with Crippen LogP contribution >= 0.6 is 0 Å². The largest absolute Gasteiger partial charge is 0.443 e. The lowest BCUT2D eigenvalue weighted by Crippen LogP contribution is -2.53. The maximum absolute atomic E-state index is 16.0. The molecular weight excluding hydrogens is 848 g/mol. The lowest BCUT2D eigenvalue weighted by atomic mass is 10.2. The van der Waals surface area contributed by atoms with Crippen LogP contribution < -0.4 is 15.1 Å². The van der Waals surface area contributed by atoms with E-state index in [-0.39, 0.29) is 90.0 Å². The average Bonchev–Trinajstić information content (AvgIpc) is 3.39. The van der Waals surface area contributed by atoms with Gasteiger partial charge in [0, 0.05) is 26.2 Å². The van der Waals surface area contributed by atoms with Crippen molar-refractivity contribution in [3.63, 3.8) is 0 Å². The summed E-state index contributed by atoms with van der Waals surface area (Å²) in [5.41, 5.74) is 0.216. The van der Waals surface area contributed by atoms with Gasteiger partial charge in [-0.15, -0.1) is 0 Å². The summed E-state index contributed by atoms with van der Waals surface area (Å²) < 4.78 is 43.8. The van der Waals surface area contributed by atoms with E-state index < -0.39 is 59.6 Å². The average molecular weight is 905 g/mol. The molecule has 3 aliphatic heterocycles. The van der Waals surface area contributed by atoms with Crippen LogP contribution in [0.4, 0.5) is 44.5 Å². The Hall–Kier alpha value is -6.99. The Kier molecular flexibility index (Phi) is 15.1.